The minimum absolute atomic E-state index is 0.0776. The Morgan fingerprint density at radius 1 is 1.14 bits per heavy atom. The standard InChI is InChI=1S/C26H26ClN5O3S/c1-3-23(33)31-21(13-24-32-20-10-9-18(27)12-22(20)36-24)26(35)30-19(11-17-7-5-4-6-8-17)15-29-25(34)16(2)14-28/h4-10,12,19,21H,2-3,11,13,15H2,1H3,(H,29,34)(H,30,35)(H,31,33)/t19-,21-/m0/s1. The fourth-order valence-corrected chi connectivity index (χ4v) is 4.75. The van der Waals surface area contributed by atoms with Gasteiger partial charge in [-0.05, 0) is 30.2 Å². The number of carbonyl (C=O) groups excluding carboxylic acids is 3. The van der Waals surface area contributed by atoms with E-state index in [1.54, 1.807) is 19.1 Å². The van der Waals surface area contributed by atoms with E-state index in [9.17, 15) is 14.4 Å². The summed E-state index contributed by atoms with van der Waals surface area (Å²) in [4.78, 5) is 42.2. The average molecular weight is 524 g/mol. The van der Waals surface area contributed by atoms with Gasteiger partial charge in [-0.1, -0.05) is 55.4 Å². The van der Waals surface area contributed by atoms with Gasteiger partial charge in [-0.3, -0.25) is 14.4 Å². The number of thiazole rings is 1. The Kier molecular flexibility index (Phi) is 9.56. The molecule has 3 aromatic rings. The summed E-state index contributed by atoms with van der Waals surface area (Å²) in [5.41, 5.74) is 1.50. The molecule has 0 saturated carbocycles. The van der Waals surface area contributed by atoms with E-state index >= 15 is 0 Å². The largest absolute Gasteiger partial charge is 0.349 e. The molecule has 2 aromatic carbocycles. The molecule has 0 aliphatic heterocycles. The van der Waals surface area contributed by atoms with Crippen LogP contribution in [0.5, 0.6) is 0 Å². The number of fused-ring (bicyclic) bond motifs is 1. The molecule has 0 fully saturated rings. The zero-order valence-electron chi connectivity index (χ0n) is 19.7. The first-order valence-electron chi connectivity index (χ1n) is 11.3. The smallest absolute Gasteiger partial charge is 0.261 e. The van der Waals surface area contributed by atoms with Gasteiger partial charge in [0.2, 0.25) is 11.8 Å². The van der Waals surface area contributed by atoms with Crippen LogP contribution in [-0.2, 0) is 27.2 Å². The summed E-state index contributed by atoms with van der Waals surface area (Å²) < 4.78 is 0.890. The first kappa shape index (κ1) is 26.9. The monoisotopic (exact) mass is 523 g/mol. The predicted molar refractivity (Wildman–Crippen MR) is 140 cm³/mol. The quantitative estimate of drug-likeness (QED) is 0.263. The van der Waals surface area contributed by atoms with Gasteiger partial charge in [-0.2, -0.15) is 5.26 Å². The molecule has 0 aliphatic carbocycles. The van der Waals surface area contributed by atoms with Crippen LogP contribution in [0.1, 0.15) is 23.9 Å². The number of carbonyl (C=O) groups is 3. The number of rotatable bonds is 11. The van der Waals surface area contributed by atoms with Crippen LogP contribution in [0, 0.1) is 11.3 Å². The molecule has 0 spiro atoms. The Bertz CT molecular complexity index is 1300. The van der Waals surface area contributed by atoms with E-state index in [0.717, 1.165) is 15.8 Å². The lowest BCUT2D eigenvalue weighted by atomic mass is 10.0. The van der Waals surface area contributed by atoms with Crippen LogP contribution in [0.15, 0.2) is 60.7 Å². The maximum Gasteiger partial charge on any atom is 0.261 e. The third-order valence-corrected chi connectivity index (χ3v) is 6.61. The molecule has 0 radical (unpaired) electrons. The van der Waals surface area contributed by atoms with E-state index in [2.05, 4.69) is 27.5 Å². The highest BCUT2D eigenvalue weighted by Gasteiger charge is 2.25. The van der Waals surface area contributed by atoms with Gasteiger partial charge in [0, 0.05) is 24.4 Å². The highest BCUT2D eigenvalue weighted by molar-refractivity contribution is 7.18. The van der Waals surface area contributed by atoms with Crippen molar-refractivity contribution in [1.29, 1.82) is 5.26 Å². The molecule has 36 heavy (non-hydrogen) atoms. The fourth-order valence-electron chi connectivity index (χ4n) is 3.46. The van der Waals surface area contributed by atoms with Crippen molar-refractivity contribution in [3.63, 3.8) is 0 Å². The molecular weight excluding hydrogens is 498 g/mol. The van der Waals surface area contributed by atoms with E-state index in [0.29, 0.717) is 16.5 Å². The highest BCUT2D eigenvalue weighted by atomic mass is 35.5. The molecule has 186 valence electrons. The average Bonchev–Trinajstić information content (AvgIpc) is 3.27. The van der Waals surface area contributed by atoms with Crippen LogP contribution in [0.2, 0.25) is 5.02 Å². The SMILES string of the molecule is C=C(C#N)C(=O)NC[C@H](Cc1ccccc1)NC(=O)[C@H](Cc1nc2ccc(Cl)cc2s1)NC(=O)CC. The molecule has 8 nitrogen and oxygen atoms in total. The van der Waals surface area contributed by atoms with Crippen LogP contribution in [0.3, 0.4) is 0 Å². The molecule has 0 bridgehead atoms. The van der Waals surface area contributed by atoms with Crippen LogP contribution in [0.25, 0.3) is 10.2 Å². The van der Waals surface area contributed by atoms with Crippen molar-refractivity contribution in [1.82, 2.24) is 20.9 Å². The number of hydrogen-bond donors (Lipinski definition) is 3. The van der Waals surface area contributed by atoms with E-state index in [1.807, 2.05) is 42.5 Å². The summed E-state index contributed by atoms with van der Waals surface area (Å²) >= 11 is 7.49. The van der Waals surface area contributed by atoms with Gasteiger partial charge in [-0.25, -0.2) is 4.98 Å². The van der Waals surface area contributed by atoms with Crippen molar-refractivity contribution in [3.8, 4) is 6.07 Å². The molecule has 0 aliphatic rings. The lowest BCUT2D eigenvalue weighted by Gasteiger charge is -2.23. The number of hydrogen-bond acceptors (Lipinski definition) is 6. The number of nitriles is 1. The Morgan fingerprint density at radius 2 is 1.89 bits per heavy atom. The molecule has 10 heteroatoms. The van der Waals surface area contributed by atoms with E-state index in [1.165, 1.54) is 11.3 Å². The van der Waals surface area contributed by atoms with E-state index in [-0.39, 0.29) is 30.9 Å². The molecule has 3 N–H and O–H groups in total. The molecule has 0 unspecified atom stereocenters. The van der Waals surface area contributed by atoms with Gasteiger partial charge in [0.05, 0.1) is 21.3 Å². The highest BCUT2D eigenvalue weighted by Crippen LogP contribution is 2.26. The van der Waals surface area contributed by atoms with Gasteiger partial charge < -0.3 is 16.0 Å². The normalized spacial score (nSPS) is 12.2. The van der Waals surface area contributed by atoms with Gasteiger partial charge in [0.25, 0.3) is 5.91 Å². The Morgan fingerprint density at radius 3 is 2.58 bits per heavy atom. The van der Waals surface area contributed by atoms with Crippen molar-refractivity contribution < 1.29 is 14.4 Å². The summed E-state index contributed by atoms with van der Waals surface area (Å²) in [6, 6.07) is 15.2. The number of benzene rings is 2. The number of amides is 3. The minimum Gasteiger partial charge on any atom is -0.349 e. The molecular formula is C26H26ClN5O3S. The Hall–Kier alpha value is -3.74. The van der Waals surface area contributed by atoms with Gasteiger partial charge in [0.15, 0.2) is 0 Å². The third-order valence-electron chi connectivity index (χ3n) is 5.34. The van der Waals surface area contributed by atoms with Crippen LogP contribution in [-0.4, -0.2) is 41.3 Å². The molecule has 2 atom stereocenters. The molecule has 3 rings (SSSR count). The predicted octanol–water partition coefficient (Wildman–Crippen LogP) is 3.31. The van der Waals surface area contributed by atoms with Gasteiger partial charge >= 0.3 is 0 Å². The topological polar surface area (TPSA) is 124 Å². The maximum atomic E-state index is 13.4. The molecule has 1 heterocycles. The van der Waals surface area contributed by atoms with Crippen molar-refractivity contribution in [2.75, 3.05) is 6.54 Å². The van der Waals surface area contributed by atoms with Gasteiger partial charge in [-0.15, -0.1) is 11.3 Å². The molecule has 0 saturated heterocycles. The summed E-state index contributed by atoms with van der Waals surface area (Å²) in [6.07, 6.45) is 0.850. The van der Waals surface area contributed by atoms with Crippen LogP contribution in [0.4, 0.5) is 0 Å². The third kappa shape index (κ3) is 7.63. The number of nitrogens with one attached hydrogen (secondary N) is 3. The lowest BCUT2D eigenvalue weighted by Crippen LogP contribution is -2.53. The molecule has 3 amide bonds. The number of nitrogens with zero attached hydrogens (tertiary/aromatic N) is 2. The van der Waals surface area contributed by atoms with Crippen molar-refractivity contribution >= 4 is 50.9 Å². The summed E-state index contributed by atoms with van der Waals surface area (Å²) in [6.45, 7) is 5.20. The summed E-state index contributed by atoms with van der Waals surface area (Å²) in [5, 5.41) is 18.5. The lowest BCUT2D eigenvalue weighted by molar-refractivity contribution is -0.129. The van der Waals surface area contributed by atoms with Crippen LogP contribution >= 0.6 is 22.9 Å². The second-order valence-corrected chi connectivity index (χ2v) is 9.64. The maximum absolute atomic E-state index is 13.4. The van der Waals surface area contributed by atoms with Gasteiger partial charge in [0.1, 0.15) is 17.7 Å². The van der Waals surface area contributed by atoms with Crippen molar-refractivity contribution in [3.05, 3.63) is 76.3 Å². The second kappa shape index (κ2) is 12.8. The van der Waals surface area contributed by atoms with E-state index in [4.69, 9.17) is 16.9 Å². The fraction of sp³-hybridized carbons (Fsp3) is 0.269. The number of halogens is 1. The Labute approximate surface area is 218 Å². The van der Waals surface area contributed by atoms with Crippen LogP contribution < -0.4 is 16.0 Å². The first-order valence-corrected chi connectivity index (χ1v) is 12.5. The second-order valence-electron chi connectivity index (χ2n) is 8.09. The van der Waals surface area contributed by atoms with E-state index < -0.39 is 23.9 Å². The first-order chi connectivity index (χ1) is 17.3. The van der Waals surface area contributed by atoms with Crippen molar-refractivity contribution in [2.45, 2.75) is 38.3 Å². The Balaban J connectivity index is 1.78. The number of aromatic nitrogens is 1. The summed E-state index contributed by atoms with van der Waals surface area (Å²) in [7, 11) is 0. The minimum atomic E-state index is -0.864. The zero-order chi connectivity index (χ0) is 26.1. The zero-order valence-corrected chi connectivity index (χ0v) is 21.3. The van der Waals surface area contributed by atoms with Crippen molar-refractivity contribution in [2.24, 2.45) is 0 Å². The summed E-state index contributed by atoms with van der Waals surface area (Å²) in [5.74, 6) is -1.27. The molecule has 1 aromatic heterocycles.